The van der Waals surface area contributed by atoms with E-state index in [1.807, 2.05) is 0 Å². The molecule has 3 fully saturated rings. The van der Waals surface area contributed by atoms with Crippen LogP contribution in [0.1, 0.15) is 134 Å². The van der Waals surface area contributed by atoms with E-state index >= 15 is 0 Å². The molecule has 1 N–H and O–H groups in total. The molecule has 5 nitrogen and oxygen atoms in total. The first kappa shape index (κ1) is 23.8. The van der Waals surface area contributed by atoms with Gasteiger partial charge in [0.25, 0.3) is 0 Å². The normalized spacial score (nSPS) is 27.7. The molecule has 2 heterocycles. The Bertz CT molecular complexity index is 698. The molecule has 1 aromatic heterocycles. The van der Waals surface area contributed by atoms with E-state index in [0.717, 1.165) is 56.2 Å². The lowest BCUT2D eigenvalue weighted by Gasteiger charge is -2.35. The fraction of sp³-hybridized carbons (Fsp3) is 0.889. The highest BCUT2D eigenvalue weighted by Gasteiger charge is 2.45. The van der Waals surface area contributed by atoms with Crippen LogP contribution in [0, 0.1) is 11.8 Å². The first-order valence-corrected chi connectivity index (χ1v) is 13.9. The van der Waals surface area contributed by atoms with Crippen LogP contribution >= 0.6 is 0 Å². The van der Waals surface area contributed by atoms with E-state index < -0.39 is 0 Å². The smallest absolute Gasteiger partial charge is 0.226 e. The molecule has 1 saturated heterocycles. The Kier molecular flexibility index (Phi) is 8.65. The molecule has 1 aliphatic heterocycles. The standard InChI is InChI=1S/C27H46N4O/c1-27(19-14-20-31(27)25(32)23-17-12-8-5-9-13-18-23)26-28-24(29-30-26)21-22-15-10-6-3-2-4-7-11-16-22/h22-23H,2-21H2,1H3,(H,28,29,30)/t27-/m0/s1. The molecule has 1 aromatic rings. The Hall–Kier alpha value is -1.39. The summed E-state index contributed by atoms with van der Waals surface area (Å²) in [7, 11) is 0. The number of H-pyrrole nitrogens is 1. The van der Waals surface area contributed by atoms with E-state index in [1.165, 1.54) is 89.9 Å². The number of hydrogen-bond donors (Lipinski definition) is 1. The number of rotatable bonds is 4. The third kappa shape index (κ3) is 5.94. The molecule has 2 aliphatic carbocycles. The molecule has 1 amide bonds. The van der Waals surface area contributed by atoms with Crippen LogP contribution in [0.3, 0.4) is 0 Å². The van der Waals surface area contributed by atoms with Gasteiger partial charge in [0.2, 0.25) is 5.91 Å². The SMILES string of the molecule is C[C@@]1(c2n[nH]c(CC3CCCCCCCCC3)n2)CCCN1C(=O)C1CCCCCCC1. The zero-order valence-corrected chi connectivity index (χ0v) is 20.5. The maximum absolute atomic E-state index is 13.6. The van der Waals surface area contributed by atoms with Crippen LogP contribution in [-0.2, 0) is 16.8 Å². The summed E-state index contributed by atoms with van der Waals surface area (Å²) in [6.45, 7) is 3.07. The molecule has 2 saturated carbocycles. The maximum atomic E-state index is 13.6. The highest BCUT2D eigenvalue weighted by Crippen LogP contribution is 2.39. The number of nitrogens with zero attached hydrogens (tertiary/aromatic N) is 3. The summed E-state index contributed by atoms with van der Waals surface area (Å²) in [5.41, 5.74) is -0.343. The Morgan fingerprint density at radius 2 is 1.44 bits per heavy atom. The zero-order chi connectivity index (χ0) is 22.2. The lowest BCUT2D eigenvalue weighted by atomic mass is 9.88. The molecule has 0 aromatic carbocycles. The molecule has 4 rings (SSSR count). The third-order valence-electron chi connectivity index (χ3n) is 8.58. The maximum Gasteiger partial charge on any atom is 0.226 e. The minimum Gasteiger partial charge on any atom is -0.330 e. The average molecular weight is 443 g/mol. The summed E-state index contributed by atoms with van der Waals surface area (Å²) in [4.78, 5) is 20.7. The summed E-state index contributed by atoms with van der Waals surface area (Å²) in [5.74, 6) is 3.18. The van der Waals surface area contributed by atoms with Crippen LogP contribution in [0.2, 0.25) is 0 Å². The van der Waals surface area contributed by atoms with E-state index in [0.29, 0.717) is 5.91 Å². The van der Waals surface area contributed by atoms with Crippen molar-refractivity contribution in [1.82, 2.24) is 20.1 Å². The first-order valence-electron chi connectivity index (χ1n) is 13.9. The topological polar surface area (TPSA) is 61.9 Å². The van der Waals surface area contributed by atoms with Gasteiger partial charge in [-0.2, -0.15) is 5.10 Å². The van der Waals surface area contributed by atoms with Crippen molar-refractivity contribution in [2.24, 2.45) is 11.8 Å². The van der Waals surface area contributed by atoms with Crippen LogP contribution in [0.25, 0.3) is 0 Å². The summed E-state index contributed by atoms with van der Waals surface area (Å²) >= 11 is 0. The molecule has 0 bridgehead atoms. The molecule has 5 heteroatoms. The van der Waals surface area contributed by atoms with Gasteiger partial charge in [0.15, 0.2) is 5.82 Å². The highest BCUT2D eigenvalue weighted by atomic mass is 16.2. The third-order valence-corrected chi connectivity index (χ3v) is 8.58. The minimum atomic E-state index is -0.343. The number of aromatic amines is 1. The van der Waals surface area contributed by atoms with Crippen LogP contribution < -0.4 is 0 Å². The van der Waals surface area contributed by atoms with Crippen molar-refractivity contribution in [3.8, 4) is 0 Å². The lowest BCUT2D eigenvalue weighted by molar-refractivity contribution is -0.140. The molecule has 180 valence electrons. The lowest BCUT2D eigenvalue weighted by Crippen LogP contribution is -2.46. The summed E-state index contributed by atoms with van der Waals surface area (Å²) in [5, 5.41) is 7.97. The highest BCUT2D eigenvalue weighted by molar-refractivity contribution is 5.80. The quantitative estimate of drug-likeness (QED) is 0.565. The number of carbonyl (C=O) groups excluding carboxylic acids is 1. The largest absolute Gasteiger partial charge is 0.330 e. The number of aromatic nitrogens is 3. The van der Waals surface area contributed by atoms with Gasteiger partial charge < -0.3 is 4.90 Å². The van der Waals surface area contributed by atoms with E-state index in [4.69, 9.17) is 10.1 Å². The Morgan fingerprint density at radius 3 is 2.06 bits per heavy atom. The van der Waals surface area contributed by atoms with E-state index in [2.05, 4.69) is 16.9 Å². The second-order valence-corrected chi connectivity index (χ2v) is 11.1. The van der Waals surface area contributed by atoms with Gasteiger partial charge in [0.1, 0.15) is 11.4 Å². The number of carbonyl (C=O) groups is 1. The molecule has 0 radical (unpaired) electrons. The summed E-state index contributed by atoms with van der Waals surface area (Å²) in [6, 6.07) is 0. The number of amides is 1. The van der Waals surface area contributed by atoms with E-state index in [-0.39, 0.29) is 11.5 Å². The van der Waals surface area contributed by atoms with Gasteiger partial charge >= 0.3 is 0 Å². The minimum absolute atomic E-state index is 0.203. The fourth-order valence-corrected chi connectivity index (χ4v) is 6.47. The Morgan fingerprint density at radius 1 is 0.875 bits per heavy atom. The Labute approximate surface area is 195 Å². The van der Waals surface area contributed by atoms with Gasteiger partial charge in [-0.3, -0.25) is 9.89 Å². The number of likely N-dealkylation sites (tertiary alicyclic amines) is 1. The molecular formula is C27H46N4O. The molecule has 3 aliphatic rings. The van der Waals surface area contributed by atoms with Crippen molar-refractivity contribution in [3.63, 3.8) is 0 Å². The molecule has 1 atom stereocenters. The van der Waals surface area contributed by atoms with Crippen molar-refractivity contribution in [2.45, 2.75) is 134 Å². The van der Waals surface area contributed by atoms with Gasteiger partial charge in [-0.25, -0.2) is 4.98 Å². The Balaban J connectivity index is 1.41. The van der Waals surface area contributed by atoms with E-state index in [1.54, 1.807) is 0 Å². The second kappa shape index (κ2) is 11.7. The predicted molar refractivity (Wildman–Crippen MR) is 129 cm³/mol. The van der Waals surface area contributed by atoms with E-state index in [9.17, 15) is 4.79 Å². The monoisotopic (exact) mass is 442 g/mol. The fourth-order valence-electron chi connectivity index (χ4n) is 6.47. The van der Waals surface area contributed by atoms with Crippen molar-refractivity contribution in [3.05, 3.63) is 11.6 Å². The molecule has 32 heavy (non-hydrogen) atoms. The summed E-state index contributed by atoms with van der Waals surface area (Å²) in [6.07, 6.45) is 23.8. The second-order valence-electron chi connectivity index (χ2n) is 11.1. The zero-order valence-electron chi connectivity index (χ0n) is 20.5. The van der Waals surface area contributed by atoms with Crippen molar-refractivity contribution in [1.29, 1.82) is 0 Å². The molecule has 0 spiro atoms. The first-order chi connectivity index (χ1) is 15.7. The van der Waals surface area contributed by atoms with Crippen molar-refractivity contribution < 1.29 is 4.79 Å². The van der Waals surface area contributed by atoms with Gasteiger partial charge in [0.05, 0.1) is 0 Å². The van der Waals surface area contributed by atoms with Crippen LogP contribution in [0.15, 0.2) is 0 Å². The van der Waals surface area contributed by atoms with Crippen molar-refractivity contribution >= 4 is 5.91 Å². The number of hydrogen-bond acceptors (Lipinski definition) is 3. The van der Waals surface area contributed by atoms with Gasteiger partial charge in [-0.1, -0.05) is 89.9 Å². The van der Waals surface area contributed by atoms with Crippen molar-refractivity contribution in [2.75, 3.05) is 6.54 Å². The van der Waals surface area contributed by atoms with Gasteiger partial charge in [-0.15, -0.1) is 0 Å². The molecular weight excluding hydrogens is 396 g/mol. The summed E-state index contributed by atoms with van der Waals surface area (Å²) < 4.78 is 0. The average Bonchev–Trinajstić information content (AvgIpc) is 3.40. The van der Waals surface area contributed by atoms with Gasteiger partial charge in [-0.05, 0) is 38.5 Å². The number of nitrogens with one attached hydrogen (secondary N) is 1. The predicted octanol–water partition coefficient (Wildman–Crippen LogP) is 6.69. The molecule has 0 unspecified atom stereocenters. The van der Waals surface area contributed by atoms with Crippen LogP contribution in [0.5, 0.6) is 0 Å². The van der Waals surface area contributed by atoms with Crippen LogP contribution in [0.4, 0.5) is 0 Å². The van der Waals surface area contributed by atoms with Crippen LogP contribution in [-0.4, -0.2) is 32.5 Å². The van der Waals surface area contributed by atoms with Gasteiger partial charge in [0, 0.05) is 18.9 Å².